The third-order valence-corrected chi connectivity index (χ3v) is 7.78. The number of thioether (sulfide) groups is 2. The lowest BCUT2D eigenvalue weighted by Gasteiger charge is -2.25. The van der Waals surface area contributed by atoms with Crippen LogP contribution in [0.2, 0.25) is 0 Å². The van der Waals surface area contributed by atoms with E-state index in [-0.39, 0.29) is 24.2 Å². The predicted octanol–water partition coefficient (Wildman–Crippen LogP) is 4.67. The second-order valence-electron chi connectivity index (χ2n) is 6.46. The molecule has 1 amide bonds. The molecule has 1 aliphatic heterocycles. The zero-order valence-corrected chi connectivity index (χ0v) is 17.4. The summed E-state index contributed by atoms with van der Waals surface area (Å²) in [6, 6.07) is 13.9. The number of benzene rings is 2. The zero-order chi connectivity index (χ0) is 20.1. The van der Waals surface area contributed by atoms with Gasteiger partial charge in [-0.1, -0.05) is 24.3 Å². The van der Waals surface area contributed by atoms with Crippen molar-refractivity contribution in [3.05, 3.63) is 69.8 Å². The molecule has 0 N–H and O–H groups in total. The topological polar surface area (TPSA) is 72.7 Å². The molecule has 0 aliphatic carbocycles. The monoisotopic (exact) mass is 418 g/mol. The van der Waals surface area contributed by atoms with Gasteiger partial charge in [0, 0.05) is 30.7 Å². The van der Waals surface area contributed by atoms with E-state index in [1.165, 1.54) is 29.2 Å². The van der Waals surface area contributed by atoms with Gasteiger partial charge in [-0.2, -0.15) is 0 Å². The minimum atomic E-state index is -0.437. The summed E-state index contributed by atoms with van der Waals surface area (Å²) in [5, 5.41) is 10.9. The second-order valence-corrected chi connectivity index (χ2v) is 9.19. The average Bonchev–Trinajstić information content (AvgIpc) is 3.26. The molecule has 1 atom stereocenters. The largest absolute Gasteiger partial charge is 0.484 e. The van der Waals surface area contributed by atoms with E-state index in [2.05, 4.69) is 0 Å². The predicted molar refractivity (Wildman–Crippen MR) is 114 cm³/mol. The Bertz CT molecular complexity index is 838. The smallest absolute Gasteiger partial charge is 0.269 e. The molecule has 8 heteroatoms. The van der Waals surface area contributed by atoms with Crippen LogP contribution in [0.4, 0.5) is 5.69 Å². The fourth-order valence-corrected chi connectivity index (χ4v) is 5.72. The van der Waals surface area contributed by atoms with E-state index < -0.39 is 4.92 Å². The Hall–Kier alpha value is -2.19. The second kappa shape index (κ2) is 9.34. The third-order valence-electron chi connectivity index (χ3n) is 4.67. The van der Waals surface area contributed by atoms with Gasteiger partial charge < -0.3 is 9.64 Å². The number of nitro groups is 1. The summed E-state index contributed by atoms with van der Waals surface area (Å²) < 4.78 is 6.13. The van der Waals surface area contributed by atoms with Crippen molar-refractivity contribution in [1.82, 2.24) is 4.90 Å². The van der Waals surface area contributed by atoms with Crippen LogP contribution < -0.4 is 4.74 Å². The van der Waals surface area contributed by atoms with Crippen molar-refractivity contribution in [2.45, 2.75) is 17.5 Å². The number of carbonyl (C=O) groups excluding carboxylic acids is 1. The lowest BCUT2D eigenvalue weighted by atomic mass is 10.1. The van der Waals surface area contributed by atoms with Crippen LogP contribution in [0.5, 0.6) is 5.75 Å². The molecule has 0 radical (unpaired) electrons. The Morgan fingerprint density at radius 1 is 1.25 bits per heavy atom. The average molecular weight is 419 g/mol. The van der Waals surface area contributed by atoms with Gasteiger partial charge in [-0.05, 0) is 30.2 Å². The number of likely N-dealkylation sites (N-methyl/N-ethyl adjacent to an activating group) is 1. The number of nitrogens with zero attached hydrogens (tertiary/aromatic N) is 2. The quantitative estimate of drug-likeness (QED) is 0.480. The molecule has 1 fully saturated rings. The van der Waals surface area contributed by atoms with Crippen LogP contribution in [0, 0.1) is 10.1 Å². The van der Waals surface area contributed by atoms with Gasteiger partial charge in [-0.25, -0.2) is 0 Å². The van der Waals surface area contributed by atoms with E-state index in [0.29, 0.717) is 15.9 Å². The van der Waals surface area contributed by atoms with E-state index in [4.69, 9.17) is 4.74 Å². The molecule has 6 nitrogen and oxygen atoms in total. The molecular weight excluding hydrogens is 396 g/mol. The van der Waals surface area contributed by atoms with Crippen LogP contribution in [0.1, 0.15) is 28.7 Å². The summed E-state index contributed by atoms with van der Waals surface area (Å²) in [6.45, 7) is 1.75. The molecule has 0 spiro atoms. The fourth-order valence-electron chi connectivity index (χ4n) is 2.86. The van der Waals surface area contributed by atoms with Crippen molar-refractivity contribution in [2.75, 3.05) is 25.2 Å². The van der Waals surface area contributed by atoms with Gasteiger partial charge >= 0.3 is 0 Å². The van der Waals surface area contributed by atoms with Crippen LogP contribution in [0.25, 0.3) is 0 Å². The van der Waals surface area contributed by atoms with Crippen LogP contribution in [0.3, 0.4) is 0 Å². The minimum absolute atomic E-state index is 0.0140. The fraction of sp³-hybridized carbons (Fsp3) is 0.350. The lowest BCUT2D eigenvalue weighted by molar-refractivity contribution is -0.384. The summed E-state index contributed by atoms with van der Waals surface area (Å²) >= 11 is 3.89. The van der Waals surface area contributed by atoms with Gasteiger partial charge in [-0.15, -0.1) is 23.5 Å². The van der Waals surface area contributed by atoms with Crippen molar-refractivity contribution in [1.29, 1.82) is 0 Å². The molecule has 1 heterocycles. The number of hydrogen-bond donors (Lipinski definition) is 0. The Morgan fingerprint density at radius 3 is 2.57 bits per heavy atom. The number of amides is 1. The van der Waals surface area contributed by atoms with Gasteiger partial charge in [0.15, 0.2) is 6.61 Å². The summed E-state index contributed by atoms with van der Waals surface area (Å²) in [7, 11) is 1.67. The molecular formula is C20H22N2O4S2. The SMILES string of the molecule is C[C@@H](c1cccc([N+](=O)[O-])c1)N(C)C(=O)COc1ccc(C2SCCS2)cc1. The highest BCUT2D eigenvalue weighted by molar-refractivity contribution is 8.19. The maximum Gasteiger partial charge on any atom is 0.269 e. The first-order chi connectivity index (χ1) is 13.5. The first-order valence-corrected chi connectivity index (χ1v) is 11.0. The number of ether oxygens (including phenoxy) is 1. The Morgan fingerprint density at radius 2 is 1.93 bits per heavy atom. The van der Waals surface area contributed by atoms with Gasteiger partial charge in [0.25, 0.3) is 11.6 Å². The van der Waals surface area contributed by atoms with Crippen LogP contribution in [0.15, 0.2) is 48.5 Å². The molecule has 28 heavy (non-hydrogen) atoms. The standard InChI is InChI=1S/C20H22N2O4S2/c1-14(16-4-3-5-17(12-16)22(24)25)21(2)19(23)13-26-18-8-6-15(7-9-18)20-27-10-11-28-20/h3-9,12,14,20H,10-11,13H2,1-2H3/t14-/m0/s1. The first-order valence-electron chi connectivity index (χ1n) is 8.91. The normalized spacial score (nSPS) is 15.2. The Kier molecular flexibility index (Phi) is 6.85. The van der Waals surface area contributed by atoms with Crippen molar-refractivity contribution in [3.63, 3.8) is 0 Å². The summed E-state index contributed by atoms with van der Waals surface area (Å²) in [5.41, 5.74) is 1.99. The minimum Gasteiger partial charge on any atom is -0.484 e. The number of nitro benzene ring substituents is 1. The highest BCUT2D eigenvalue weighted by atomic mass is 32.2. The highest BCUT2D eigenvalue weighted by Crippen LogP contribution is 2.45. The summed E-state index contributed by atoms with van der Waals surface area (Å²) in [6.07, 6.45) is 0. The molecule has 0 aromatic heterocycles. The molecule has 0 unspecified atom stereocenters. The number of hydrogen-bond acceptors (Lipinski definition) is 6. The molecule has 148 valence electrons. The number of rotatable bonds is 7. The van der Waals surface area contributed by atoms with Gasteiger partial charge in [0.2, 0.25) is 0 Å². The van der Waals surface area contributed by atoms with Crippen LogP contribution in [-0.2, 0) is 4.79 Å². The van der Waals surface area contributed by atoms with Gasteiger partial charge in [0.1, 0.15) is 5.75 Å². The summed E-state index contributed by atoms with van der Waals surface area (Å²) in [5.74, 6) is 2.82. The molecule has 1 aliphatic rings. The van der Waals surface area contributed by atoms with Crippen molar-refractivity contribution < 1.29 is 14.5 Å². The Labute approximate surface area is 172 Å². The maximum atomic E-state index is 12.5. The molecule has 2 aromatic carbocycles. The third kappa shape index (κ3) is 4.99. The van der Waals surface area contributed by atoms with E-state index >= 15 is 0 Å². The van der Waals surface area contributed by atoms with Crippen LogP contribution in [-0.4, -0.2) is 40.9 Å². The molecule has 1 saturated heterocycles. The maximum absolute atomic E-state index is 12.5. The van der Waals surface area contributed by atoms with Crippen molar-refractivity contribution in [3.8, 4) is 5.75 Å². The summed E-state index contributed by atoms with van der Waals surface area (Å²) in [4.78, 5) is 24.5. The number of non-ortho nitro benzene ring substituents is 1. The highest BCUT2D eigenvalue weighted by Gasteiger charge is 2.20. The molecule has 3 rings (SSSR count). The molecule has 0 bridgehead atoms. The van der Waals surface area contributed by atoms with E-state index in [1.807, 2.05) is 54.7 Å². The first kappa shape index (κ1) is 20.5. The molecule has 2 aromatic rings. The van der Waals surface area contributed by atoms with Crippen LogP contribution >= 0.6 is 23.5 Å². The zero-order valence-electron chi connectivity index (χ0n) is 15.7. The van der Waals surface area contributed by atoms with Crippen molar-refractivity contribution >= 4 is 35.1 Å². The molecule has 0 saturated carbocycles. The number of carbonyl (C=O) groups is 1. The lowest BCUT2D eigenvalue weighted by Crippen LogP contribution is -2.33. The van der Waals surface area contributed by atoms with Gasteiger partial charge in [0.05, 0.1) is 15.5 Å². The van der Waals surface area contributed by atoms with E-state index in [9.17, 15) is 14.9 Å². The van der Waals surface area contributed by atoms with Gasteiger partial charge in [-0.3, -0.25) is 14.9 Å². The van der Waals surface area contributed by atoms with E-state index in [1.54, 1.807) is 24.1 Å². The van der Waals surface area contributed by atoms with Crippen molar-refractivity contribution in [2.24, 2.45) is 0 Å². The van der Waals surface area contributed by atoms with E-state index in [0.717, 1.165) is 0 Å². The Balaban J connectivity index is 1.56.